The van der Waals surface area contributed by atoms with Gasteiger partial charge in [0.1, 0.15) is 0 Å². The molecule has 35 heavy (non-hydrogen) atoms. The van der Waals surface area contributed by atoms with Crippen molar-refractivity contribution in [3.8, 4) is 22.9 Å². The number of nitrogens with zero attached hydrogens (tertiary/aromatic N) is 4. The molecule has 0 bridgehead atoms. The number of halogens is 1. The van der Waals surface area contributed by atoms with Gasteiger partial charge < -0.3 is 14.0 Å². The maximum atomic E-state index is 13.3. The smallest absolute Gasteiger partial charge is 0.262 e. The van der Waals surface area contributed by atoms with Crippen molar-refractivity contribution in [3.63, 3.8) is 0 Å². The molecule has 10 heteroatoms. The average molecular weight is 505 g/mol. The zero-order valence-electron chi connectivity index (χ0n) is 18.2. The molecule has 0 fully saturated rings. The third kappa shape index (κ3) is 4.36. The van der Waals surface area contributed by atoms with Crippen molar-refractivity contribution in [1.29, 1.82) is 0 Å². The second-order valence-corrected chi connectivity index (χ2v) is 9.18. The Balaban J connectivity index is 1.29. The van der Waals surface area contributed by atoms with Crippen LogP contribution in [0, 0.1) is 0 Å². The summed E-state index contributed by atoms with van der Waals surface area (Å²) >= 11 is 7.39. The number of thioether (sulfide) groups is 1. The average Bonchev–Trinajstić information content (AvgIpc) is 3.55. The van der Waals surface area contributed by atoms with Gasteiger partial charge in [-0.2, -0.15) is 4.98 Å². The van der Waals surface area contributed by atoms with Crippen LogP contribution in [0.1, 0.15) is 11.5 Å². The number of rotatable bonds is 6. The lowest BCUT2D eigenvalue weighted by Gasteiger charge is -2.13. The van der Waals surface area contributed by atoms with E-state index < -0.39 is 0 Å². The first-order chi connectivity index (χ1) is 17.1. The zero-order chi connectivity index (χ0) is 23.8. The molecule has 0 saturated carbocycles. The third-order valence-electron chi connectivity index (χ3n) is 5.50. The molecule has 0 saturated heterocycles. The lowest BCUT2D eigenvalue weighted by Crippen LogP contribution is -2.24. The third-order valence-corrected chi connectivity index (χ3v) is 6.72. The highest BCUT2D eigenvalue weighted by atomic mass is 35.5. The SMILES string of the molecule is O=c1c2ccccc2nc(SCc2nc(-c3ccc4c(c3)OCO4)no2)n1Cc1ccc(Cl)cc1. The molecule has 3 aromatic carbocycles. The minimum atomic E-state index is -0.111. The number of aromatic nitrogens is 4. The molecule has 0 amide bonds. The number of hydrogen-bond donors (Lipinski definition) is 0. The van der Waals surface area contributed by atoms with Gasteiger partial charge in [-0.1, -0.05) is 52.8 Å². The predicted octanol–water partition coefficient (Wildman–Crippen LogP) is 5.17. The number of ether oxygens (including phenoxy) is 2. The van der Waals surface area contributed by atoms with E-state index in [1.165, 1.54) is 11.8 Å². The summed E-state index contributed by atoms with van der Waals surface area (Å²) in [5, 5.41) is 5.86. The van der Waals surface area contributed by atoms with E-state index in [1.807, 2.05) is 48.5 Å². The van der Waals surface area contributed by atoms with E-state index in [0.717, 1.165) is 11.1 Å². The van der Waals surface area contributed by atoms with Crippen LogP contribution in [-0.2, 0) is 12.3 Å². The quantitative estimate of drug-likeness (QED) is 0.231. The standard InChI is InChI=1S/C25H17ClN4O4S/c26-17-8-5-15(6-9-17)12-30-24(31)18-3-1-2-4-19(18)27-25(30)35-13-22-28-23(29-34-22)16-7-10-20-21(11-16)33-14-32-20/h1-11H,12-14H2. The fraction of sp³-hybridized carbons (Fsp3) is 0.120. The van der Waals surface area contributed by atoms with Crippen molar-refractivity contribution in [2.75, 3.05) is 6.79 Å². The molecule has 0 radical (unpaired) electrons. The summed E-state index contributed by atoms with van der Waals surface area (Å²) in [5.74, 6) is 2.55. The predicted molar refractivity (Wildman–Crippen MR) is 132 cm³/mol. The van der Waals surface area contributed by atoms with Crippen LogP contribution in [0.5, 0.6) is 11.5 Å². The van der Waals surface area contributed by atoms with Gasteiger partial charge >= 0.3 is 0 Å². The molecule has 6 rings (SSSR count). The van der Waals surface area contributed by atoms with Gasteiger partial charge in [-0.25, -0.2) is 4.98 Å². The van der Waals surface area contributed by atoms with Crippen LogP contribution >= 0.6 is 23.4 Å². The van der Waals surface area contributed by atoms with Crippen molar-refractivity contribution >= 4 is 34.3 Å². The van der Waals surface area contributed by atoms with E-state index in [1.54, 1.807) is 22.8 Å². The molecule has 0 spiro atoms. The normalized spacial score (nSPS) is 12.4. The Kier molecular flexibility index (Phi) is 5.63. The van der Waals surface area contributed by atoms with Gasteiger partial charge in [-0.05, 0) is 48.0 Å². The van der Waals surface area contributed by atoms with E-state index in [2.05, 4.69) is 10.1 Å². The number of benzene rings is 3. The molecule has 0 aliphatic carbocycles. The summed E-state index contributed by atoms with van der Waals surface area (Å²) in [4.78, 5) is 22.6. The Morgan fingerprint density at radius 2 is 1.80 bits per heavy atom. The van der Waals surface area contributed by atoms with Gasteiger partial charge in [-0.15, -0.1) is 0 Å². The summed E-state index contributed by atoms with van der Waals surface area (Å²) in [5.41, 5.74) is 2.23. The summed E-state index contributed by atoms with van der Waals surface area (Å²) in [7, 11) is 0. The molecular formula is C25H17ClN4O4S. The molecule has 2 aromatic heterocycles. The van der Waals surface area contributed by atoms with Crippen molar-refractivity contribution < 1.29 is 14.0 Å². The van der Waals surface area contributed by atoms with Crippen LogP contribution in [0.2, 0.25) is 5.02 Å². The van der Waals surface area contributed by atoms with Gasteiger partial charge in [-0.3, -0.25) is 9.36 Å². The minimum absolute atomic E-state index is 0.111. The van der Waals surface area contributed by atoms with Crippen LogP contribution in [0.3, 0.4) is 0 Å². The van der Waals surface area contributed by atoms with Crippen LogP contribution in [-0.4, -0.2) is 26.5 Å². The van der Waals surface area contributed by atoms with Crippen molar-refractivity contribution in [2.45, 2.75) is 17.5 Å². The highest BCUT2D eigenvalue weighted by molar-refractivity contribution is 7.98. The van der Waals surface area contributed by atoms with Crippen LogP contribution < -0.4 is 15.0 Å². The number of hydrogen-bond acceptors (Lipinski definition) is 8. The van der Waals surface area contributed by atoms with E-state index in [4.69, 9.17) is 30.6 Å². The Morgan fingerprint density at radius 1 is 0.971 bits per heavy atom. The molecule has 1 aliphatic heterocycles. The maximum absolute atomic E-state index is 13.3. The fourth-order valence-electron chi connectivity index (χ4n) is 3.76. The Hall–Kier alpha value is -3.82. The van der Waals surface area contributed by atoms with E-state index in [9.17, 15) is 4.79 Å². The first-order valence-electron chi connectivity index (χ1n) is 10.7. The molecule has 0 unspecified atom stereocenters. The summed E-state index contributed by atoms with van der Waals surface area (Å²) < 4.78 is 17.9. The van der Waals surface area contributed by atoms with Crippen molar-refractivity contribution in [2.24, 2.45) is 0 Å². The first-order valence-corrected chi connectivity index (χ1v) is 12.1. The van der Waals surface area contributed by atoms with Crippen molar-refractivity contribution in [1.82, 2.24) is 19.7 Å². The van der Waals surface area contributed by atoms with Crippen LogP contribution in [0.25, 0.3) is 22.3 Å². The number of para-hydroxylation sites is 1. The highest BCUT2D eigenvalue weighted by Gasteiger charge is 2.18. The lowest BCUT2D eigenvalue weighted by molar-refractivity contribution is 0.174. The topological polar surface area (TPSA) is 92.3 Å². The lowest BCUT2D eigenvalue weighted by atomic mass is 10.2. The molecule has 1 aliphatic rings. The molecule has 0 N–H and O–H groups in total. The highest BCUT2D eigenvalue weighted by Crippen LogP contribution is 2.35. The number of fused-ring (bicyclic) bond motifs is 2. The molecule has 0 atom stereocenters. The Labute approximate surface area is 208 Å². The Bertz CT molecular complexity index is 1600. The minimum Gasteiger partial charge on any atom is -0.454 e. The summed E-state index contributed by atoms with van der Waals surface area (Å²) in [6, 6.07) is 20.2. The fourth-order valence-corrected chi connectivity index (χ4v) is 4.72. The van der Waals surface area contributed by atoms with Crippen LogP contribution in [0.4, 0.5) is 0 Å². The first kappa shape index (κ1) is 21.7. The van der Waals surface area contributed by atoms with Gasteiger partial charge in [0, 0.05) is 10.6 Å². The van der Waals surface area contributed by atoms with E-state index >= 15 is 0 Å². The molecule has 5 aromatic rings. The monoisotopic (exact) mass is 504 g/mol. The van der Waals surface area contributed by atoms with Gasteiger partial charge in [0.2, 0.25) is 18.5 Å². The van der Waals surface area contributed by atoms with Crippen LogP contribution in [0.15, 0.2) is 81.2 Å². The largest absolute Gasteiger partial charge is 0.454 e. The Morgan fingerprint density at radius 3 is 2.69 bits per heavy atom. The van der Waals surface area contributed by atoms with Gasteiger partial charge in [0.15, 0.2) is 16.7 Å². The van der Waals surface area contributed by atoms with E-state index in [-0.39, 0.29) is 12.4 Å². The van der Waals surface area contributed by atoms with E-state index in [0.29, 0.717) is 56.6 Å². The molecular weight excluding hydrogens is 488 g/mol. The molecule has 8 nitrogen and oxygen atoms in total. The van der Waals surface area contributed by atoms with Crippen molar-refractivity contribution in [3.05, 3.63) is 93.6 Å². The maximum Gasteiger partial charge on any atom is 0.262 e. The second kappa shape index (κ2) is 9.09. The molecule has 174 valence electrons. The summed E-state index contributed by atoms with van der Waals surface area (Å²) in [6.45, 7) is 0.561. The second-order valence-electron chi connectivity index (χ2n) is 7.80. The van der Waals surface area contributed by atoms with Gasteiger partial charge in [0.05, 0.1) is 23.2 Å². The summed E-state index contributed by atoms with van der Waals surface area (Å²) in [6.07, 6.45) is 0. The zero-order valence-corrected chi connectivity index (χ0v) is 19.8. The molecule has 3 heterocycles. The van der Waals surface area contributed by atoms with Gasteiger partial charge in [0.25, 0.3) is 5.56 Å².